The van der Waals surface area contributed by atoms with E-state index in [-0.39, 0.29) is 6.04 Å². The molecule has 1 aliphatic heterocycles. The van der Waals surface area contributed by atoms with Crippen molar-refractivity contribution in [3.8, 4) is 0 Å². The third kappa shape index (κ3) is 5.57. The van der Waals surface area contributed by atoms with E-state index >= 15 is 0 Å². The Morgan fingerprint density at radius 2 is 2.09 bits per heavy atom. The zero-order valence-corrected chi connectivity index (χ0v) is 15.1. The summed E-state index contributed by atoms with van der Waals surface area (Å²) in [5.74, 6) is 0. The van der Waals surface area contributed by atoms with Crippen LogP contribution in [0, 0.1) is 13.8 Å². The lowest BCUT2D eigenvalue weighted by atomic mass is 9.97. The van der Waals surface area contributed by atoms with Crippen LogP contribution in [0.5, 0.6) is 0 Å². The highest BCUT2D eigenvalue weighted by atomic mass is 32.2. The van der Waals surface area contributed by atoms with Crippen molar-refractivity contribution in [2.75, 3.05) is 25.9 Å². The summed E-state index contributed by atoms with van der Waals surface area (Å²) in [6.45, 7) is 5.89. The van der Waals surface area contributed by atoms with Gasteiger partial charge in [-0.05, 0) is 44.4 Å². The van der Waals surface area contributed by atoms with Gasteiger partial charge in [0.1, 0.15) is 0 Å². The largest absolute Gasteiger partial charge is 0.387 e. The number of nitrogens with zero attached hydrogens (tertiary/aromatic N) is 1. The fourth-order valence-corrected chi connectivity index (χ4v) is 3.71. The lowest BCUT2D eigenvalue weighted by molar-refractivity contribution is 0.0683. The number of aryl methyl sites for hydroxylation is 2. The lowest BCUT2D eigenvalue weighted by Crippen LogP contribution is -2.47. The fraction of sp³-hybridized carbons (Fsp3) is 0.647. The van der Waals surface area contributed by atoms with Gasteiger partial charge in [0, 0.05) is 19.1 Å². The van der Waals surface area contributed by atoms with Gasteiger partial charge in [0.25, 0.3) is 0 Å². The van der Waals surface area contributed by atoms with Gasteiger partial charge in [-0.2, -0.15) is 0 Å². The zero-order valence-electron chi connectivity index (χ0n) is 14.2. The summed E-state index contributed by atoms with van der Waals surface area (Å²) in [5.41, 5.74) is 3.19. The molecule has 5 nitrogen and oxygen atoms in total. The predicted octanol–water partition coefficient (Wildman–Crippen LogP) is 1.74. The van der Waals surface area contributed by atoms with Crippen LogP contribution in [0.3, 0.4) is 0 Å². The predicted molar refractivity (Wildman–Crippen MR) is 92.9 cm³/mol. The van der Waals surface area contributed by atoms with Crippen molar-refractivity contribution in [2.24, 2.45) is 0 Å². The zero-order chi connectivity index (χ0) is 17.0. The molecule has 6 heteroatoms. The summed E-state index contributed by atoms with van der Waals surface area (Å²) >= 11 is 0. The molecule has 0 amide bonds. The molecule has 0 aromatic heterocycles. The molecule has 1 heterocycles. The second-order valence-corrected chi connectivity index (χ2v) is 8.47. The molecule has 0 spiro atoms. The van der Waals surface area contributed by atoms with Crippen molar-refractivity contribution in [1.29, 1.82) is 0 Å². The van der Waals surface area contributed by atoms with Crippen LogP contribution >= 0.6 is 0 Å². The van der Waals surface area contributed by atoms with Crippen LogP contribution in [0.25, 0.3) is 0 Å². The Morgan fingerprint density at radius 3 is 2.78 bits per heavy atom. The van der Waals surface area contributed by atoms with Crippen LogP contribution in [-0.4, -0.2) is 50.4 Å². The smallest absolute Gasteiger partial charge is 0.208 e. The molecule has 0 bridgehead atoms. The Balaban J connectivity index is 2.04. The molecule has 1 aliphatic rings. The first-order valence-electron chi connectivity index (χ1n) is 8.20. The Hall–Kier alpha value is -0.950. The molecule has 1 aromatic rings. The molecule has 1 saturated heterocycles. The molecule has 0 saturated carbocycles. The Bertz CT molecular complexity index is 631. The molecule has 2 unspecified atom stereocenters. The highest BCUT2D eigenvalue weighted by Crippen LogP contribution is 2.24. The molecule has 130 valence electrons. The summed E-state index contributed by atoms with van der Waals surface area (Å²) in [6, 6.07) is 6.27. The average molecular weight is 340 g/mol. The maximum Gasteiger partial charge on any atom is 0.208 e. The van der Waals surface area contributed by atoms with Gasteiger partial charge in [-0.15, -0.1) is 0 Å². The van der Waals surface area contributed by atoms with Gasteiger partial charge in [-0.25, -0.2) is 13.1 Å². The monoisotopic (exact) mass is 340 g/mol. The topological polar surface area (TPSA) is 69.6 Å². The molecular formula is C17H28N2O3S. The van der Waals surface area contributed by atoms with E-state index < -0.39 is 16.1 Å². The van der Waals surface area contributed by atoms with Gasteiger partial charge in [0.05, 0.1) is 12.4 Å². The van der Waals surface area contributed by atoms with E-state index in [4.69, 9.17) is 0 Å². The first-order chi connectivity index (χ1) is 10.8. The number of aliphatic hydroxyl groups is 1. The fourth-order valence-electron chi connectivity index (χ4n) is 3.22. The van der Waals surface area contributed by atoms with E-state index in [9.17, 15) is 13.5 Å². The molecule has 23 heavy (non-hydrogen) atoms. The number of rotatable bonds is 6. The number of sulfonamides is 1. The van der Waals surface area contributed by atoms with Crippen LogP contribution in [0.2, 0.25) is 0 Å². The Kier molecular flexibility index (Phi) is 6.19. The van der Waals surface area contributed by atoms with Crippen LogP contribution in [0.4, 0.5) is 0 Å². The number of β-amino-alcohol motifs (C(OH)–C–C–N with tert-alkyl or cyclic N) is 1. The summed E-state index contributed by atoms with van der Waals surface area (Å²) < 4.78 is 25.3. The number of nitrogens with one attached hydrogen (secondary N) is 1. The second-order valence-electron chi connectivity index (χ2n) is 6.64. The molecule has 2 rings (SSSR count). The number of hydrogen-bond donors (Lipinski definition) is 2. The SMILES string of the molecule is Cc1ccc(C)c(C(O)CN2CCCCC2CNS(C)(=O)=O)c1. The minimum atomic E-state index is -3.18. The summed E-state index contributed by atoms with van der Waals surface area (Å²) in [6.07, 6.45) is 3.79. The molecule has 1 aromatic carbocycles. The van der Waals surface area contributed by atoms with Gasteiger partial charge in [-0.3, -0.25) is 4.90 Å². The highest BCUT2D eigenvalue weighted by Gasteiger charge is 2.26. The minimum absolute atomic E-state index is 0.151. The lowest BCUT2D eigenvalue weighted by Gasteiger charge is -2.37. The summed E-state index contributed by atoms with van der Waals surface area (Å²) in [7, 11) is -3.18. The van der Waals surface area contributed by atoms with Gasteiger partial charge in [0.15, 0.2) is 0 Å². The standard InChI is InChI=1S/C17H28N2O3S/c1-13-7-8-14(2)16(10-13)17(20)12-19-9-5-4-6-15(19)11-18-23(3,21)22/h7-8,10,15,17-18,20H,4-6,9,11-12H2,1-3H3. The number of piperidine rings is 1. The Morgan fingerprint density at radius 1 is 1.35 bits per heavy atom. The first-order valence-corrected chi connectivity index (χ1v) is 10.1. The maximum absolute atomic E-state index is 11.3. The van der Waals surface area contributed by atoms with E-state index in [0.717, 1.165) is 42.5 Å². The van der Waals surface area contributed by atoms with E-state index in [1.807, 2.05) is 32.0 Å². The van der Waals surface area contributed by atoms with Crippen LogP contribution in [0.15, 0.2) is 18.2 Å². The van der Waals surface area contributed by atoms with Gasteiger partial charge < -0.3 is 5.11 Å². The minimum Gasteiger partial charge on any atom is -0.387 e. The van der Waals surface area contributed by atoms with Gasteiger partial charge in [-0.1, -0.05) is 30.2 Å². The normalized spacial score (nSPS) is 21.3. The van der Waals surface area contributed by atoms with Crippen molar-refractivity contribution in [3.63, 3.8) is 0 Å². The van der Waals surface area contributed by atoms with E-state index in [1.54, 1.807) is 0 Å². The summed E-state index contributed by atoms with van der Waals surface area (Å²) in [4.78, 5) is 2.22. The molecule has 1 fully saturated rings. The van der Waals surface area contributed by atoms with Crippen molar-refractivity contribution in [1.82, 2.24) is 9.62 Å². The average Bonchev–Trinajstić information content (AvgIpc) is 2.48. The van der Waals surface area contributed by atoms with Crippen LogP contribution in [0.1, 0.15) is 42.1 Å². The number of hydrogen-bond acceptors (Lipinski definition) is 4. The van der Waals surface area contributed by atoms with Gasteiger partial charge in [0.2, 0.25) is 10.0 Å². The molecule has 0 aliphatic carbocycles. The van der Waals surface area contributed by atoms with E-state index in [1.165, 1.54) is 6.26 Å². The number of benzene rings is 1. The third-order valence-electron chi connectivity index (χ3n) is 4.53. The van der Waals surface area contributed by atoms with Crippen LogP contribution < -0.4 is 4.72 Å². The van der Waals surface area contributed by atoms with Crippen molar-refractivity contribution < 1.29 is 13.5 Å². The number of likely N-dealkylation sites (tertiary alicyclic amines) is 1. The number of aliphatic hydroxyl groups excluding tert-OH is 1. The van der Waals surface area contributed by atoms with Crippen molar-refractivity contribution in [3.05, 3.63) is 34.9 Å². The first kappa shape index (κ1) is 18.4. The Labute approximate surface area is 139 Å². The maximum atomic E-state index is 11.3. The quantitative estimate of drug-likeness (QED) is 0.828. The van der Waals surface area contributed by atoms with Crippen LogP contribution in [-0.2, 0) is 10.0 Å². The highest BCUT2D eigenvalue weighted by molar-refractivity contribution is 7.88. The molecule has 0 radical (unpaired) electrons. The second kappa shape index (κ2) is 7.75. The van der Waals surface area contributed by atoms with Crippen molar-refractivity contribution in [2.45, 2.75) is 45.3 Å². The van der Waals surface area contributed by atoms with E-state index in [0.29, 0.717) is 13.1 Å². The van der Waals surface area contributed by atoms with Crippen molar-refractivity contribution >= 4 is 10.0 Å². The molecule has 2 N–H and O–H groups in total. The molecule has 2 atom stereocenters. The van der Waals surface area contributed by atoms with E-state index in [2.05, 4.69) is 9.62 Å². The molecular weight excluding hydrogens is 312 g/mol. The summed E-state index contributed by atoms with van der Waals surface area (Å²) in [5, 5.41) is 10.6. The third-order valence-corrected chi connectivity index (χ3v) is 5.22. The van der Waals surface area contributed by atoms with Gasteiger partial charge >= 0.3 is 0 Å².